The van der Waals surface area contributed by atoms with Crippen molar-refractivity contribution < 1.29 is 14.3 Å². The van der Waals surface area contributed by atoms with Crippen LogP contribution in [0.5, 0.6) is 0 Å². The van der Waals surface area contributed by atoms with E-state index in [1.165, 1.54) is 19.3 Å². The van der Waals surface area contributed by atoms with Gasteiger partial charge in [-0.3, -0.25) is 9.59 Å². The predicted molar refractivity (Wildman–Crippen MR) is 71.6 cm³/mol. The van der Waals surface area contributed by atoms with Crippen molar-refractivity contribution in [1.29, 1.82) is 0 Å². The first-order valence-corrected chi connectivity index (χ1v) is 7.22. The fourth-order valence-electron chi connectivity index (χ4n) is 3.06. The van der Waals surface area contributed by atoms with E-state index in [2.05, 4.69) is 5.32 Å². The van der Waals surface area contributed by atoms with Crippen molar-refractivity contribution in [1.82, 2.24) is 10.2 Å². The lowest BCUT2D eigenvalue weighted by molar-refractivity contribution is -0.147. The van der Waals surface area contributed by atoms with E-state index in [0.29, 0.717) is 12.5 Å². The summed E-state index contributed by atoms with van der Waals surface area (Å²) in [5, 5.41) is 2.89. The summed E-state index contributed by atoms with van der Waals surface area (Å²) in [7, 11) is 1.62. The van der Waals surface area contributed by atoms with Crippen molar-refractivity contribution in [2.45, 2.75) is 51.2 Å². The van der Waals surface area contributed by atoms with Crippen LogP contribution in [0.3, 0.4) is 0 Å². The molecule has 0 spiro atoms. The first kappa shape index (κ1) is 14.3. The minimum atomic E-state index is -0.314. The smallest absolute Gasteiger partial charge is 0.245 e. The van der Waals surface area contributed by atoms with Gasteiger partial charge in [0.2, 0.25) is 11.8 Å². The molecule has 1 saturated carbocycles. The number of nitrogens with one attached hydrogen (secondary N) is 1. The molecular weight excluding hydrogens is 244 g/mol. The highest BCUT2D eigenvalue weighted by molar-refractivity contribution is 5.95. The van der Waals surface area contributed by atoms with E-state index in [4.69, 9.17) is 4.74 Å². The lowest BCUT2D eigenvalue weighted by Gasteiger charge is -2.38. The van der Waals surface area contributed by atoms with Gasteiger partial charge in [0.15, 0.2) is 0 Å². The minimum absolute atomic E-state index is 0.0399. The van der Waals surface area contributed by atoms with Gasteiger partial charge in [-0.2, -0.15) is 0 Å². The van der Waals surface area contributed by atoms with Gasteiger partial charge in [-0.25, -0.2) is 0 Å². The van der Waals surface area contributed by atoms with E-state index in [0.717, 1.165) is 12.8 Å². The van der Waals surface area contributed by atoms with Gasteiger partial charge >= 0.3 is 0 Å². The highest BCUT2D eigenvalue weighted by Gasteiger charge is 2.38. The molecule has 1 heterocycles. The van der Waals surface area contributed by atoms with Crippen LogP contribution in [0, 0.1) is 5.92 Å². The number of amides is 2. The average Bonchev–Trinajstić information content (AvgIpc) is 2.43. The Morgan fingerprint density at radius 2 is 2.00 bits per heavy atom. The van der Waals surface area contributed by atoms with Gasteiger partial charge in [-0.15, -0.1) is 0 Å². The summed E-state index contributed by atoms with van der Waals surface area (Å²) in [6.07, 6.45) is 5.63. The fourth-order valence-corrected chi connectivity index (χ4v) is 3.06. The largest absolute Gasteiger partial charge is 0.380 e. The Labute approximate surface area is 114 Å². The Bertz CT molecular complexity index is 340. The van der Waals surface area contributed by atoms with E-state index in [9.17, 15) is 9.59 Å². The Balaban J connectivity index is 2.02. The lowest BCUT2D eigenvalue weighted by Crippen LogP contribution is -2.61. The molecule has 2 amide bonds. The highest BCUT2D eigenvalue weighted by atomic mass is 16.5. The molecule has 2 atom stereocenters. The maximum absolute atomic E-state index is 12.5. The highest BCUT2D eigenvalue weighted by Crippen LogP contribution is 2.28. The standard InChI is InChI=1S/C14H24N2O3/c1-10(19-2)8-16-9-12(17)15-13(14(16)18)11-6-4-3-5-7-11/h10-11,13H,3-9H2,1-2H3,(H,15,17). The number of carbonyl (C=O) groups is 2. The third-order valence-corrected chi connectivity index (χ3v) is 4.23. The van der Waals surface area contributed by atoms with Crippen LogP contribution in [0.25, 0.3) is 0 Å². The molecule has 2 rings (SSSR count). The first-order valence-electron chi connectivity index (χ1n) is 7.22. The van der Waals surface area contributed by atoms with Crippen molar-refractivity contribution in [3.63, 3.8) is 0 Å². The van der Waals surface area contributed by atoms with Crippen molar-refractivity contribution in [3.8, 4) is 0 Å². The summed E-state index contributed by atoms with van der Waals surface area (Å²) >= 11 is 0. The molecule has 0 aromatic rings. The fraction of sp³-hybridized carbons (Fsp3) is 0.857. The van der Waals surface area contributed by atoms with Crippen LogP contribution < -0.4 is 5.32 Å². The van der Waals surface area contributed by atoms with E-state index in [-0.39, 0.29) is 30.5 Å². The molecule has 2 aliphatic rings. The summed E-state index contributed by atoms with van der Waals surface area (Å²) in [5.41, 5.74) is 0. The maximum atomic E-state index is 12.5. The minimum Gasteiger partial charge on any atom is -0.380 e. The number of piperazine rings is 1. The lowest BCUT2D eigenvalue weighted by atomic mass is 9.82. The number of rotatable bonds is 4. The molecule has 108 valence electrons. The second-order valence-electron chi connectivity index (χ2n) is 5.71. The van der Waals surface area contributed by atoms with Crippen LogP contribution in [0.15, 0.2) is 0 Å². The zero-order valence-corrected chi connectivity index (χ0v) is 11.9. The summed E-state index contributed by atoms with van der Waals surface area (Å²) in [4.78, 5) is 25.9. The Morgan fingerprint density at radius 3 is 2.63 bits per heavy atom. The van der Waals surface area contributed by atoms with E-state index >= 15 is 0 Å². The zero-order valence-electron chi connectivity index (χ0n) is 11.9. The van der Waals surface area contributed by atoms with Gasteiger partial charge < -0.3 is 15.0 Å². The second-order valence-corrected chi connectivity index (χ2v) is 5.71. The Morgan fingerprint density at radius 1 is 1.32 bits per heavy atom. The Hall–Kier alpha value is -1.10. The molecule has 19 heavy (non-hydrogen) atoms. The normalized spacial score (nSPS) is 27.3. The number of hydrogen-bond acceptors (Lipinski definition) is 3. The topological polar surface area (TPSA) is 58.6 Å². The predicted octanol–water partition coefficient (Wildman–Crippen LogP) is 0.929. The summed E-state index contributed by atoms with van der Waals surface area (Å²) in [6.45, 7) is 2.57. The molecule has 1 aliphatic heterocycles. The molecule has 1 aliphatic carbocycles. The van der Waals surface area contributed by atoms with Crippen LogP contribution in [0.1, 0.15) is 39.0 Å². The maximum Gasteiger partial charge on any atom is 0.245 e. The van der Waals surface area contributed by atoms with Crippen molar-refractivity contribution in [3.05, 3.63) is 0 Å². The molecule has 0 bridgehead atoms. The van der Waals surface area contributed by atoms with Crippen molar-refractivity contribution in [2.24, 2.45) is 5.92 Å². The summed E-state index contributed by atoms with van der Waals surface area (Å²) in [5.74, 6) is 0.333. The van der Waals surface area contributed by atoms with Crippen molar-refractivity contribution >= 4 is 11.8 Å². The molecule has 2 unspecified atom stereocenters. The van der Waals surface area contributed by atoms with Crippen LogP contribution in [0.4, 0.5) is 0 Å². The van der Waals surface area contributed by atoms with E-state index < -0.39 is 0 Å². The number of hydrogen-bond donors (Lipinski definition) is 1. The molecule has 0 aromatic carbocycles. The number of carbonyl (C=O) groups excluding carboxylic acids is 2. The third-order valence-electron chi connectivity index (χ3n) is 4.23. The SMILES string of the molecule is COC(C)CN1CC(=O)NC(C2CCCCC2)C1=O. The molecule has 1 N–H and O–H groups in total. The quantitative estimate of drug-likeness (QED) is 0.825. The van der Waals surface area contributed by atoms with Gasteiger partial charge in [0.25, 0.3) is 0 Å². The van der Waals surface area contributed by atoms with Gasteiger partial charge in [-0.05, 0) is 25.7 Å². The molecule has 0 radical (unpaired) electrons. The molecule has 5 heteroatoms. The number of methoxy groups -OCH3 is 1. The van der Waals surface area contributed by atoms with Crippen LogP contribution >= 0.6 is 0 Å². The average molecular weight is 268 g/mol. The summed E-state index contributed by atoms with van der Waals surface area (Å²) in [6, 6.07) is -0.314. The third kappa shape index (κ3) is 3.47. The number of nitrogens with zero attached hydrogens (tertiary/aromatic N) is 1. The van der Waals surface area contributed by atoms with E-state index in [1.54, 1.807) is 12.0 Å². The van der Waals surface area contributed by atoms with Gasteiger partial charge in [0, 0.05) is 13.7 Å². The van der Waals surface area contributed by atoms with Gasteiger partial charge in [-0.1, -0.05) is 19.3 Å². The first-order chi connectivity index (χ1) is 9.11. The number of ether oxygens (including phenoxy) is 1. The molecule has 1 saturated heterocycles. The van der Waals surface area contributed by atoms with Gasteiger partial charge in [0.1, 0.15) is 6.04 Å². The monoisotopic (exact) mass is 268 g/mol. The second kappa shape index (κ2) is 6.37. The van der Waals surface area contributed by atoms with Crippen LogP contribution in [0.2, 0.25) is 0 Å². The van der Waals surface area contributed by atoms with Crippen LogP contribution in [-0.2, 0) is 14.3 Å². The van der Waals surface area contributed by atoms with Gasteiger partial charge in [0.05, 0.1) is 12.6 Å². The molecule has 0 aromatic heterocycles. The van der Waals surface area contributed by atoms with Crippen LogP contribution in [-0.4, -0.2) is 49.1 Å². The zero-order chi connectivity index (χ0) is 13.8. The van der Waals surface area contributed by atoms with E-state index in [1.807, 2.05) is 6.92 Å². The molecular formula is C14H24N2O3. The Kier molecular flexibility index (Phi) is 4.80. The molecule has 2 fully saturated rings. The van der Waals surface area contributed by atoms with Crippen molar-refractivity contribution in [2.75, 3.05) is 20.2 Å². The summed E-state index contributed by atoms with van der Waals surface area (Å²) < 4.78 is 5.19. The molecule has 5 nitrogen and oxygen atoms in total.